The molecule has 1 rings (SSSR count). The van der Waals surface area contributed by atoms with Crippen LogP contribution in [0.1, 0.15) is 45.6 Å². The molecule has 0 aliphatic rings. The third kappa shape index (κ3) is 3.59. The highest BCUT2D eigenvalue weighted by atomic mass is 16.5. The maximum absolute atomic E-state index is 12.3. The molecule has 0 amide bonds. The number of benzene rings is 1. The van der Waals surface area contributed by atoms with Gasteiger partial charge in [-0.25, -0.2) is 0 Å². The molecule has 2 heteroatoms. The van der Waals surface area contributed by atoms with Crippen LogP contribution in [0.15, 0.2) is 30.3 Å². The molecule has 0 aliphatic carbocycles. The lowest BCUT2D eigenvalue weighted by atomic mass is 9.69. The number of ether oxygens (including phenoxy) is 1. The Morgan fingerprint density at radius 2 is 1.89 bits per heavy atom. The average molecular weight is 262 g/mol. The van der Waals surface area contributed by atoms with Crippen LogP contribution in [0.25, 0.3) is 0 Å². The number of hydrogen-bond acceptors (Lipinski definition) is 2. The maximum atomic E-state index is 12.3. The van der Waals surface area contributed by atoms with Gasteiger partial charge in [-0.2, -0.15) is 0 Å². The summed E-state index contributed by atoms with van der Waals surface area (Å²) in [7, 11) is 1.50. The second-order valence-electron chi connectivity index (χ2n) is 5.30. The van der Waals surface area contributed by atoms with Crippen molar-refractivity contribution in [2.45, 2.75) is 46.5 Å². The van der Waals surface area contributed by atoms with Crippen molar-refractivity contribution in [2.24, 2.45) is 11.3 Å². The second-order valence-corrected chi connectivity index (χ2v) is 5.30. The van der Waals surface area contributed by atoms with Crippen molar-refractivity contribution in [3.8, 4) is 0 Å². The molecule has 106 valence electrons. The number of methoxy groups -OCH3 is 1. The first-order valence-corrected chi connectivity index (χ1v) is 7.23. The predicted octanol–water partition coefficient (Wildman–Crippen LogP) is 4.23. The van der Waals surface area contributed by atoms with Crippen LogP contribution < -0.4 is 0 Å². The Balaban J connectivity index is 2.88. The Kier molecular flexibility index (Phi) is 6.07. The van der Waals surface area contributed by atoms with Gasteiger partial charge in [0.15, 0.2) is 0 Å². The maximum Gasteiger partial charge on any atom is 0.312 e. The van der Waals surface area contributed by atoms with E-state index in [2.05, 4.69) is 32.9 Å². The number of aryl methyl sites for hydroxylation is 1. The van der Waals surface area contributed by atoms with Crippen LogP contribution in [0.5, 0.6) is 0 Å². The highest BCUT2D eigenvalue weighted by Crippen LogP contribution is 2.39. The third-order valence-corrected chi connectivity index (χ3v) is 4.48. The molecule has 0 radical (unpaired) electrons. The quantitative estimate of drug-likeness (QED) is 0.687. The van der Waals surface area contributed by atoms with Gasteiger partial charge in [-0.1, -0.05) is 57.5 Å². The van der Waals surface area contributed by atoms with Crippen LogP contribution in [0.2, 0.25) is 0 Å². The Morgan fingerprint density at radius 1 is 1.26 bits per heavy atom. The van der Waals surface area contributed by atoms with Gasteiger partial charge in [0.1, 0.15) is 0 Å². The van der Waals surface area contributed by atoms with E-state index in [-0.39, 0.29) is 11.4 Å². The lowest BCUT2D eigenvalue weighted by Crippen LogP contribution is -2.38. The van der Waals surface area contributed by atoms with E-state index in [4.69, 9.17) is 4.74 Å². The lowest BCUT2D eigenvalue weighted by Gasteiger charge is -2.35. The fourth-order valence-electron chi connectivity index (χ4n) is 2.83. The van der Waals surface area contributed by atoms with E-state index in [0.29, 0.717) is 5.92 Å². The molecule has 0 heterocycles. The molecule has 0 bridgehead atoms. The molecule has 0 spiro atoms. The van der Waals surface area contributed by atoms with Crippen LogP contribution in [-0.4, -0.2) is 13.1 Å². The summed E-state index contributed by atoms with van der Waals surface area (Å²) in [5.41, 5.74) is 0.937. The molecule has 0 aromatic heterocycles. The van der Waals surface area contributed by atoms with E-state index >= 15 is 0 Å². The molecular formula is C17H26O2. The number of rotatable bonds is 7. The van der Waals surface area contributed by atoms with Crippen LogP contribution in [0, 0.1) is 11.3 Å². The standard InChI is InChI=1S/C17H26O2/c1-5-14(3)17(6-2,16(18)19-4)13-12-15-10-8-7-9-11-15/h7-11,14H,5-6,12-13H2,1-4H3. The van der Waals surface area contributed by atoms with E-state index in [0.717, 1.165) is 25.7 Å². The largest absolute Gasteiger partial charge is 0.469 e. The van der Waals surface area contributed by atoms with Gasteiger partial charge < -0.3 is 4.74 Å². The summed E-state index contributed by atoms with van der Waals surface area (Å²) >= 11 is 0. The summed E-state index contributed by atoms with van der Waals surface area (Å²) in [5, 5.41) is 0. The van der Waals surface area contributed by atoms with Gasteiger partial charge in [-0.15, -0.1) is 0 Å². The van der Waals surface area contributed by atoms with Gasteiger partial charge in [-0.05, 0) is 30.7 Å². The number of carbonyl (C=O) groups excluding carboxylic acids is 1. The molecule has 2 unspecified atom stereocenters. The van der Waals surface area contributed by atoms with E-state index in [1.807, 2.05) is 18.2 Å². The third-order valence-electron chi connectivity index (χ3n) is 4.48. The molecule has 1 aromatic rings. The first-order valence-electron chi connectivity index (χ1n) is 7.23. The molecule has 1 aromatic carbocycles. The van der Waals surface area contributed by atoms with Crippen molar-refractivity contribution in [3.05, 3.63) is 35.9 Å². The minimum atomic E-state index is -0.348. The molecule has 0 saturated carbocycles. The van der Waals surface area contributed by atoms with E-state index in [1.165, 1.54) is 12.7 Å². The molecule has 2 atom stereocenters. The van der Waals surface area contributed by atoms with Crippen molar-refractivity contribution in [3.63, 3.8) is 0 Å². The number of carbonyl (C=O) groups is 1. The zero-order valence-corrected chi connectivity index (χ0v) is 12.6. The summed E-state index contributed by atoms with van der Waals surface area (Å²) in [6, 6.07) is 10.4. The summed E-state index contributed by atoms with van der Waals surface area (Å²) in [5.74, 6) is 0.286. The summed E-state index contributed by atoms with van der Waals surface area (Å²) in [4.78, 5) is 12.3. The van der Waals surface area contributed by atoms with Crippen molar-refractivity contribution in [1.82, 2.24) is 0 Å². The zero-order chi connectivity index (χ0) is 14.3. The lowest BCUT2D eigenvalue weighted by molar-refractivity contribution is -0.157. The Bertz CT molecular complexity index is 386. The molecular weight excluding hydrogens is 236 g/mol. The van der Waals surface area contributed by atoms with Crippen molar-refractivity contribution >= 4 is 5.97 Å². The van der Waals surface area contributed by atoms with E-state index in [9.17, 15) is 4.79 Å². The van der Waals surface area contributed by atoms with Crippen LogP contribution >= 0.6 is 0 Å². The van der Waals surface area contributed by atoms with Gasteiger partial charge in [-0.3, -0.25) is 4.79 Å². The summed E-state index contributed by atoms with van der Waals surface area (Å²) < 4.78 is 5.08. The van der Waals surface area contributed by atoms with Crippen LogP contribution in [0.4, 0.5) is 0 Å². The number of esters is 1. The van der Waals surface area contributed by atoms with Gasteiger partial charge in [0, 0.05) is 0 Å². The first kappa shape index (κ1) is 15.7. The second kappa shape index (κ2) is 7.32. The van der Waals surface area contributed by atoms with Crippen LogP contribution in [0.3, 0.4) is 0 Å². The van der Waals surface area contributed by atoms with Crippen molar-refractivity contribution < 1.29 is 9.53 Å². The Morgan fingerprint density at radius 3 is 2.37 bits per heavy atom. The fourth-order valence-corrected chi connectivity index (χ4v) is 2.83. The predicted molar refractivity (Wildman–Crippen MR) is 79.0 cm³/mol. The molecule has 0 saturated heterocycles. The minimum absolute atomic E-state index is 0.0553. The van der Waals surface area contributed by atoms with Gasteiger partial charge >= 0.3 is 5.97 Å². The van der Waals surface area contributed by atoms with E-state index in [1.54, 1.807) is 0 Å². The molecule has 0 fully saturated rings. The molecule has 19 heavy (non-hydrogen) atoms. The normalized spacial score (nSPS) is 15.6. The summed E-state index contributed by atoms with van der Waals surface area (Å²) in [6.45, 7) is 6.39. The fraction of sp³-hybridized carbons (Fsp3) is 0.588. The topological polar surface area (TPSA) is 26.3 Å². The van der Waals surface area contributed by atoms with Crippen molar-refractivity contribution in [1.29, 1.82) is 0 Å². The zero-order valence-electron chi connectivity index (χ0n) is 12.6. The Labute approximate surface area is 117 Å². The number of hydrogen-bond donors (Lipinski definition) is 0. The van der Waals surface area contributed by atoms with Gasteiger partial charge in [0.2, 0.25) is 0 Å². The smallest absolute Gasteiger partial charge is 0.312 e. The minimum Gasteiger partial charge on any atom is -0.469 e. The first-order chi connectivity index (χ1) is 9.10. The molecule has 0 aliphatic heterocycles. The molecule has 2 nitrogen and oxygen atoms in total. The van der Waals surface area contributed by atoms with E-state index < -0.39 is 0 Å². The SMILES string of the molecule is CCC(C)C(CC)(CCc1ccccc1)C(=O)OC. The highest BCUT2D eigenvalue weighted by molar-refractivity contribution is 5.77. The molecule has 0 N–H and O–H groups in total. The van der Waals surface area contributed by atoms with Gasteiger partial charge in [0.05, 0.1) is 12.5 Å². The monoisotopic (exact) mass is 262 g/mol. The Hall–Kier alpha value is -1.31. The van der Waals surface area contributed by atoms with Gasteiger partial charge in [0.25, 0.3) is 0 Å². The van der Waals surface area contributed by atoms with Crippen molar-refractivity contribution in [2.75, 3.05) is 7.11 Å². The highest BCUT2D eigenvalue weighted by Gasteiger charge is 2.41. The average Bonchev–Trinajstić information content (AvgIpc) is 2.48. The summed E-state index contributed by atoms with van der Waals surface area (Å²) in [6.07, 6.45) is 3.61. The van der Waals surface area contributed by atoms with Crippen LogP contribution in [-0.2, 0) is 16.0 Å².